The first-order valence-corrected chi connectivity index (χ1v) is 6.16. The number of carbonyl (C=O) groups is 2. The number of carboxylic acid groups (broad SMARTS) is 1. The molecule has 0 heterocycles. The van der Waals surface area contributed by atoms with Crippen molar-refractivity contribution in [2.75, 3.05) is 0 Å². The number of alkyl carbamates (subject to hydrolysis) is 1. The summed E-state index contributed by atoms with van der Waals surface area (Å²) in [7, 11) is 0. The van der Waals surface area contributed by atoms with Crippen LogP contribution >= 0.6 is 0 Å². The molecule has 18 heavy (non-hydrogen) atoms. The van der Waals surface area contributed by atoms with Gasteiger partial charge in [0.1, 0.15) is 5.60 Å². The molecule has 2 rings (SSSR count). The fraction of sp³-hybridized carbons (Fsp3) is 0.692. The van der Waals surface area contributed by atoms with Crippen LogP contribution in [0.4, 0.5) is 4.79 Å². The zero-order chi connectivity index (χ0) is 13.5. The summed E-state index contributed by atoms with van der Waals surface area (Å²) in [5.74, 6) is -1.70. The Hall–Kier alpha value is -1.52. The molecule has 1 amide bonds. The van der Waals surface area contributed by atoms with Gasteiger partial charge in [-0.2, -0.15) is 0 Å². The number of ether oxygens (including phenoxy) is 1. The standard InChI is InChI=1S/C13H19NO4/c1-13(2,3)18-12(17)14-10-8-5-4-7(6-8)9(10)11(15)16/h4-5,7-10H,6H2,1-3H3,(H,14,17)(H,15,16)/p-1/t7-,8+,9-,10+/m1/s1. The summed E-state index contributed by atoms with van der Waals surface area (Å²) in [6.07, 6.45) is 4.06. The molecule has 5 heteroatoms. The molecule has 100 valence electrons. The van der Waals surface area contributed by atoms with Crippen LogP contribution in [0, 0.1) is 17.8 Å². The minimum atomic E-state index is -1.10. The van der Waals surface area contributed by atoms with Gasteiger partial charge in [-0.05, 0) is 39.0 Å². The predicted molar refractivity (Wildman–Crippen MR) is 62.4 cm³/mol. The Morgan fingerprint density at radius 2 is 1.89 bits per heavy atom. The lowest BCUT2D eigenvalue weighted by molar-refractivity contribution is -0.313. The molecular formula is C13H18NO4-. The third-order valence-electron chi connectivity index (χ3n) is 3.41. The normalized spacial score (nSPS) is 33.5. The van der Waals surface area contributed by atoms with Crippen LogP contribution in [0.25, 0.3) is 0 Å². The molecule has 2 aliphatic carbocycles. The van der Waals surface area contributed by atoms with Gasteiger partial charge in [-0.15, -0.1) is 0 Å². The monoisotopic (exact) mass is 252 g/mol. The molecule has 0 unspecified atom stereocenters. The number of amides is 1. The molecule has 1 saturated carbocycles. The summed E-state index contributed by atoms with van der Waals surface area (Å²) in [5.41, 5.74) is -0.589. The maximum Gasteiger partial charge on any atom is 0.407 e. The number of hydrogen-bond donors (Lipinski definition) is 1. The van der Waals surface area contributed by atoms with Crippen LogP contribution in [0.1, 0.15) is 27.2 Å². The lowest BCUT2D eigenvalue weighted by Crippen LogP contribution is -2.50. The van der Waals surface area contributed by atoms with E-state index in [4.69, 9.17) is 4.74 Å². The summed E-state index contributed by atoms with van der Waals surface area (Å²) in [4.78, 5) is 22.8. The van der Waals surface area contributed by atoms with Crippen LogP contribution in [0.5, 0.6) is 0 Å². The summed E-state index contributed by atoms with van der Waals surface area (Å²) < 4.78 is 5.15. The van der Waals surface area contributed by atoms with Crippen molar-refractivity contribution >= 4 is 12.1 Å². The fourth-order valence-electron chi connectivity index (χ4n) is 2.78. The second kappa shape index (κ2) is 4.30. The van der Waals surface area contributed by atoms with E-state index in [0.29, 0.717) is 0 Å². The second-order valence-corrected chi connectivity index (χ2v) is 5.97. The van der Waals surface area contributed by atoms with Crippen LogP contribution in [-0.2, 0) is 9.53 Å². The van der Waals surface area contributed by atoms with Gasteiger partial charge in [0.15, 0.2) is 0 Å². The lowest BCUT2D eigenvalue weighted by Gasteiger charge is -2.30. The molecule has 1 fully saturated rings. The van der Waals surface area contributed by atoms with Gasteiger partial charge in [-0.1, -0.05) is 12.2 Å². The van der Waals surface area contributed by atoms with Gasteiger partial charge < -0.3 is 20.0 Å². The molecule has 2 aliphatic rings. The van der Waals surface area contributed by atoms with E-state index in [1.165, 1.54) is 0 Å². The van der Waals surface area contributed by atoms with E-state index in [0.717, 1.165) is 6.42 Å². The molecule has 0 aromatic rings. The topological polar surface area (TPSA) is 78.5 Å². The smallest absolute Gasteiger partial charge is 0.407 e. The van der Waals surface area contributed by atoms with E-state index in [1.807, 2.05) is 12.2 Å². The molecule has 0 aliphatic heterocycles. The molecule has 0 aromatic carbocycles. The highest BCUT2D eigenvalue weighted by Crippen LogP contribution is 2.43. The molecule has 0 radical (unpaired) electrons. The molecular weight excluding hydrogens is 234 g/mol. The largest absolute Gasteiger partial charge is 0.550 e. The Labute approximate surface area is 106 Å². The molecule has 4 atom stereocenters. The van der Waals surface area contributed by atoms with E-state index in [9.17, 15) is 14.7 Å². The molecule has 0 aromatic heterocycles. The Kier molecular flexibility index (Phi) is 3.09. The Morgan fingerprint density at radius 3 is 2.44 bits per heavy atom. The van der Waals surface area contributed by atoms with Gasteiger partial charge >= 0.3 is 6.09 Å². The zero-order valence-corrected chi connectivity index (χ0v) is 10.8. The SMILES string of the molecule is CC(C)(C)OC(=O)N[C@@H]1[C@H](C(=O)[O-])[C@@H]2C=C[C@H]1C2. The van der Waals surface area contributed by atoms with E-state index in [-0.39, 0.29) is 11.8 Å². The minimum Gasteiger partial charge on any atom is -0.550 e. The van der Waals surface area contributed by atoms with Gasteiger partial charge in [-0.25, -0.2) is 4.79 Å². The number of hydrogen-bond acceptors (Lipinski definition) is 4. The van der Waals surface area contributed by atoms with Crippen molar-refractivity contribution in [2.24, 2.45) is 17.8 Å². The number of allylic oxidation sites excluding steroid dienone is 1. The average molecular weight is 252 g/mol. The highest BCUT2D eigenvalue weighted by molar-refractivity contribution is 5.74. The Morgan fingerprint density at radius 1 is 1.28 bits per heavy atom. The third-order valence-corrected chi connectivity index (χ3v) is 3.41. The van der Waals surface area contributed by atoms with Crippen LogP contribution in [-0.4, -0.2) is 23.7 Å². The second-order valence-electron chi connectivity index (χ2n) is 5.97. The van der Waals surface area contributed by atoms with Crippen molar-refractivity contribution in [1.82, 2.24) is 5.32 Å². The Balaban J connectivity index is 2.02. The van der Waals surface area contributed by atoms with Gasteiger partial charge in [0.05, 0.1) is 0 Å². The predicted octanol–water partition coefficient (Wildman–Crippen LogP) is 0.452. The third kappa shape index (κ3) is 2.49. The number of nitrogens with one attached hydrogen (secondary N) is 1. The van der Waals surface area contributed by atoms with Crippen molar-refractivity contribution in [3.8, 4) is 0 Å². The number of rotatable bonds is 2. The van der Waals surface area contributed by atoms with E-state index >= 15 is 0 Å². The van der Waals surface area contributed by atoms with Crippen molar-refractivity contribution in [1.29, 1.82) is 0 Å². The van der Waals surface area contributed by atoms with Gasteiger partial charge in [-0.3, -0.25) is 0 Å². The fourth-order valence-corrected chi connectivity index (χ4v) is 2.78. The van der Waals surface area contributed by atoms with Crippen molar-refractivity contribution in [2.45, 2.75) is 38.8 Å². The maximum absolute atomic E-state index is 11.7. The summed E-state index contributed by atoms with van der Waals surface area (Å²) in [6, 6.07) is -0.417. The first-order chi connectivity index (χ1) is 8.28. The number of fused-ring (bicyclic) bond motifs is 2. The molecule has 5 nitrogen and oxygen atoms in total. The van der Waals surface area contributed by atoms with Crippen molar-refractivity contribution in [3.63, 3.8) is 0 Å². The first-order valence-electron chi connectivity index (χ1n) is 6.16. The van der Waals surface area contributed by atoms with Crippen LogP contribution in [0.3, 0.4) is 0 Å². The minimum absolute atomic E-state index is 0.0278. The van der Waals surface area contributed by atoms with Gasteiger partial charge in [0.2, 0.25) is 0 Å². The van der Waals surface area contributed by atoms with E-state index in [1.54, 1.807) is 20.8 Å². The Bertz CT molecular complexity index is 396. The first kappa shape index (κ1) is 12.9. The maximum atomic E-state index is 11.7. The quantitative estimate of drug-likeness (QED) is 0.724. The van der Waals surface area contributed by atoms with Crippen molar-refractivity contribution < 1.29 is 19.4 Å². The average Bonchev–Trinajstić information content (AvgIpc) is 2.73. The van der Waals surface area contributed by atoms with Crippen LogP contribution < -0.4 is 10.4 Å². The van der Waals surface area contributed by atoms with Gasteiger partial charge in [0.25, 0.3) is 0 Å². The molecule has 0 spiro atoms. The zero-order valence-electron chi connectivity index (χ0n) is 10.8. The number of carboxylic acids is 1. The van der Waals surface area contributed by atoms with E-state index in [2.05, 4.69) is 5.32 Å². The number of aliphatic carboxylic acids is 1. The summed E-state index contributed by atoms with van der Waals surface area (Å²) >= 11 is 0. The highest BCUT2D eigenvalue weighted by atomic mass is 16.6. The van der Waals surface area contributed by atoms with Gasteiger partial charge in [0, 0.05) is 17.9 Å². The van der Waals surface area contributed by atoms with Crippen molar-refractivity contribution in [3.05, 3.63) is 12.2 Å². The summed E-state index contributed by atoms with van der Waals surface area (Å²) in [6.45, 7) is 5.30. The summed E-state index contributed by atoms with van der Waals surface area (Å²) in [5, 5.41) is 13.8. The molecule has 0 saturated heterocycles. The van der Waals surface area contributed by atoms with E-state index < -0.39 is 29.6 Å². The lowest BCUT2D eigenvalue weighted by atomic mass is 9.89. The highest BCUT2D eigenvalue weighted by Gasteiger charge is 2.46. The molecule has 1 N–H and O–H groups in total. The van der Waals surface area contributed by atoms with Crippen LogP contribution in [0.2, 0.25) is 0 Å². The molecule has 2 bridgehead atoms. The number of carbonyl (C=O) groups excluding carboxylic acids is 2. The van der Waals surface area contributed by atoms with Crippen LogP contribution in [0.15, 0.2) is 12.2 Å².